The van der Waals surface area contributed by atoms with Crippen LogP contribution < -0.4 is 0 Å². The van der Waals surface area contributed by atoms with Gasteiger partial charge in [0.25, 0.3) is 0 Å². The van der Waals surface area contributed by atoms with Crippen molar-refractivity contribution >= 4 is 11.6 Å². The summed E-state index contributed by atoms with van der Waals surface area (Å²) in [4.78, 5) is 3.94. The van der Waals surface area contributed by atoms with Crippen LogP contribution in [0.15, 0.2) is 6.20 Å². The summed E-state index contributed by atoms with van der Waals surface area (Å²) in [6.07, 6.45) is 2.30. The lowest BCUT2D eigenvalue weighted by atomic mass is 10.4. The summed E-state index contributed by atoms with van der Waals surface area (Å²) in [6, 6.07) is 0. The monoisotopic (exact) mass is 174 g/mol. The lowest BCUT2D eigenvalue weighted by Gasteiger charge is -2.03. The zero-order valence-corrected chi connectivity index (χ0v) is 7.17. The Kier molecular flexibility index (Phi) is 2.76. The Bertz CT molecular complexity index is 215. The highest BCUT2D eigenvalue weighted by Crippen LogP contribution is 2.11. The third-order valence-electron chi connectivity index (χ3n) is 1.55. The smallest absolute Gasteiger partial charge is 0.211 e. The average molecular weight is 175 g/mol. The molecule has 62 valence electrons. The first-order valence-corrected chi connectivity index (χ1v) is 4.06. The Balaban J connectivity index is 2.67. The fraction of sp³-hybridized carbons (Fsp3) is 0.571. The molecule has 0 saturated carbocycles. The first-order valence-electron chi connectivity index (χ1n) is 3.52. The van der Waals surface area contributed by atoms with Gasteiger partial charge in [-0.1, -0.05) is 0 Å². The van der Waals surface area contributed by atoms with Crippen LogP contribution in [0.25, 0.3) is 0 Å². The summed E-state index contributed by atoms with van der Waals surface area (Å²) in [5, 5.41) is 9.22. The first kappa shape index (κ1) is 8.40. The van der Waals surface area contributed by atoms with Gasteiger partial charge in [0.05, 0.1) is 6.20 Å². The minimum Gasteiger partial charge on any atom is -0.493 e. The summed E-state index contributed by atoms with van der Waals surface area (Å²) in [5.74, 6) is 1.65. The molecule has 0 fully saturated rings. The molecule has 0 unspecified atom stereocenters. The molecule has 0 bridgehead atoms. The number of alkyl halides is 1. The molecule has 1 rings (SSSR count). The van der Waals surface area contributed by atoms with Crippen LogP contribution in [-0.2, 0) is 6.54 Å². The molecular weight excluding hydrogens is 164 g/mol. The number of imidazole rings is 1. The van der Waals surface area contributed by atoms with Crippen LogP contribution in [0.3, 0.4) is 0 Å². The molecule has 0 saturated heterocycles. The number of aromatic hydroxyl groups is 1. The Labute approximate surface area is 70.6 Å². The molecule has 4 heteroatoms. The van der Waals surface area contributed by atoms with E-state index in [2.05, 4.69) is 4.98 Å². The number of aryl methyl sites for hydroxylation is 1. The van der Waals surface area contributed by atoms with Crippen LogP contribution in [0, 0.1) is 6.92 Å². The van der Waals surface area contributed by atoms with Crippen LogP contribution in [0.1, 0.15) is 12.2 Å². The third-order valence-corrected chi connectivity index (χ3v) is 1.82. The zero-order valence-electron chi connectivity index (χ0n) is 6.42. The van der Waals surface area contributed by atoms with Gasteiger partial charge in [-0.2, -0.15) is 0 Å². The predicted molar refractivity (Wildman–Crippen MR) is 44.0 cm³/mol. The van der Waals surface area contributed by atoms with E-state index in [-0.39, 0.29) is 5.88 Å². The molecule has 0 aliphatic heterocycles. The van der Waals surface area contributed by atoms with Crippen molar-refractivity contribution in [3.8, 4) is 5.88 Å². The minimum atomic E-state index is 0.215. The zero-order chi connectivity index (χ0) is 8.27. The summed E-state index contributed by atoms with van der Waals surface area (Å²) in [5.41, 5.74) is 0. The molecule has 1 N–H and O–H groups in total. The molecule has 1 aromatic rings. The van der Waals surface area contributed by atoms with E-state index >= 15 is 0 Å². The van der Waals surface area contributed by atoms with Gasteiger partial charge in [0.15, 0.2) is 0 Å². The van der Waals surface area contributed by atoms with Crippen molar-refractivity contribution in [1.29, 1.82) is 0 Å². The van der Waals surface area contributed by atoms with Gasteiger partial charge in [0.1, 0.15) is 5.82 Å². The van der Waals surface area contributed by atoms with Gasteiger partial charge in [0, 0.05) is 12.4 Å². The number of hydrogen-bond acceptors (Lipinski definition) is 2. The number of halogens is 1. The third kappa shape index (κ3) is 1.87. The average Bonchev–Trinajstić information content (AvgIpc) is 2.29. The fourth-order valence-electron chi connectivity index (χ4n) is 0.951. The van der Waals surface area contributed by atoms with Crippen LogP contribution >= 0.6 is 11.6 Å². The van der Waals surface area contributed by atoms with E-state index in [1.165, 1.54) is 6.20 Å². The maximum Gasteiger partial charge on any atom is 0.211 e. The van der Waals surface area contributed by atoms with Crippen molar-refractivity contribution in [1.82, 2.24) is 9.55 Å². The maximum absolute atomic E-state index is 9.22. The van der Waals surface area contributed by atoms with E-state index < -0.39 is 0 Å². The normalized spacial score (nSPS) is 10.4. The van der Waals surface area contributed by atoms with Gasteiger partial charge in [-0.25, -0.2) is 4.98 Å². The van der Waals surface area contributed by atoms with Crippen molar-refractivity contribution in [2.75, 3.05) is 5.88 Å². The molecule has 1 aromatic heterocycles. The quantitative estimate of drug-likeness (QED) is 0.706. The minimum absolute atomic E-state index is 0.215. The Hall–Kier alpha value is -0.700. The molecule has 0 atom stereocenters. The molecule has 0 spiro atoms. The fourth-order valence-corrected chi connectivity index (χ4v) is 1.07. The molecule has 1 heterocycles. The maximum atomic E-state index is 9.22. The van der Waals surface area contributed by atoms with Gasteiger partial charge in [-0.15, -0.1) is 11.6 Å². The molecule has 0 aliphatic rings. The van der Waals surface area contributed by atoms with Crippen molar-refractivity contribution in [2.24, 2.45) is 0 Å². The van der Waals surface area contributed by atoms with Crippen molar-refractivity contribution in [3.63, 3.8) is 0 Å². The van der Waals surface area contributed by atoms with E-state index in [9.17, 15) is 5.11 Å². The molecule has 0 radical (unpaired) electrons. The second-order valence-corrected chi connectivity index (χ2v) is 2.74. The van der Waals surface area contributed by atoms with Gasteiger partial charge in [-0.3, -0.25) is 4.57 Å². The molecular formula is C7H11ClN2O. The standard InChI is InChI=1S/C7H11ClN2O/c1-6-9-5-7(11)10(6)4-2-3-8/h5,11H,2-4H2,1H3. The summed E-state index contributed by atoms with van der Waals surface area (Å²) in [6.45, 7) is 2.59. The Morgan fingerprint density at radius 1 is 1.73 bits per heavy atom. The van der Waals surface area contributed by atoms with Crippen LogP contribution in [0.4, 0.5) is 0 Å². The second-order valence-electron chi connectivity index (χ2n) is 2.36. The summed E-state index contributed by atoms with van der Waals surface area (Å²) in [7, 11) is 0. The SMILES string of the molecule is Cc1ncc(O)n1CCCCl. The number of rotatable bonds is 3. The van der Waals surface area contributed by atoms with E-state index in [1.54, 1.807) is 4.57 Å². The Morgan fingerprint density at radius 3 is 2.91 bits per heavy atom. The van der Waals surface area contributed by atoms with E-state index in [0.717, 1.165) is 18.8 Å². The van der Waals surface area contributed by atoms with E-state index in [1.807, 2.05) is 6.92 Å². The second kappa shape index (κ2) is 3.62. The van der Waals surface area contributed by atoms with Crippen molar-refractivity contribution in [3.05, 3.63) is 12.0 Å². The summed E-state index contributed by atoms with van der Waals surface area (Å²) >= 11 is 5.51. The molecule has 0 aromatic carbocycles. The highest BCUT2D eigenvalue weighted by atomic mass is 35.5. The first-order chi connectivity index (χ1) is 5.25. The number of aromatic nitrogens is 2. The van der Waals surface area contributed by atoms with Crippen LogP contribution in [0.5, 0.6) is 5.88 Å². The predicted octanol–water partition coefficient (Wildman–Crippen LogP) is 1.53. The summed E-state index contributed by atoms with van der Waals surface area (Å²) < 4.78 is 1.74. The van der Waals surface area contributed by atoms with E-state index in [0.29, 0.717) is 5.88 Å². The van der Waals surface area contributed by atoms with Gasteiger partial charge >= 0.3 is 0 Å². The van der Waals surface area contributed by atoms with Gasteiger partial charge < -0.3 is 5.11 Å². The van der Waals surface area contributed by atoms with Crippen LogP contribution in [0.2, 0.25) is 0 Å². The van der Waals surface area contributed by atoms with E-state index in [4.69, 9.17) is 11.6 Å². The highest BCUT2D eigenvalue weighted by Gasteiger charge is 2.02. The molecule has 0 amide bonds. The largest absolute Gasteiger partial charge is 0.493 e. The van der Waals surface area contributed by atoms with Gasteiger partial charge in [0.2, 0.25) is 5.88 Å². The molecule has 11 heavy (non-hydrogen) atoms. The number of hydrogen-bond donors (Lipinski definition) is 1. The highest BCUT2D eigenvalue weighted by molar-refractivity contribution is 6.17. The lowest BCUT2D eigenvalue weighted by molar-refractivity contribution is 0.413. The Morgan fingerprint density at radius 2 is 2.45 bits per heavy atom. The van der Waals surface area contributed by atoms with Gasteiger partial charge in [-0.05, 0) is 13.3 Å². The molecule has 0 aliphatic carbocycles. The van der Waals surface area contributed by atoms with Crippen LogP contribution in [-0.4, -0.2) is 20.5 Å². The topological polar surface area (TPSA) is 38.1 Å². The van der Waals surface area contributed by atoms with Crippen molar-refractivity contribution < 1.29 is 5.11 Å². The number of nitrogens with zero attached hydrogens (tertiary/aromatic N) is 2. The van der Waals surface area contributed by atoms with Crippen molar-refractivity contribution in [2.45, 2.75) is 19.9 Å². The molecule has 3 nitrogen and oxygen atoms in total. The lowest BCUT2D eigenvalue weighted by Crippen LogP contribution is -2.00.